The number of aliphatic carboxylic acids is 1. The Morgan fingerprint density at radius 2 is 1.89 bits per heavy atom. The van der Waals surface area contributed by atoms with Crippen molar-refractivity contribution in [1.29, 1.82) is 5.26 Å². The Morgan fingerprint density at radius 1 is 1.17 bits per heavy atom. The number of ether oxygens (including phenoxy) is 1. The number of likely N-dealkylation sites (tertiary alicyclic amines) is 1. The van der Waals surface area contributed by atoms with E-state index in [0.717, 1.165) is 35.5 Å². The molecule has 8 nitrogen and oxygen atoms in total. The van der Waals surface area contributed by atoms with E-state index in [1.165, 1.54) is 0 Å². The van der Waals surface area contributed by atoms with E-state index in [1.807, 2.05) is 56.9 Å². The van der Waals surface area contributed by atoms with E-state index in [1.54, 1.807) is 12.1 Å². The fourth-order valence-corrected chi connectivity index (χ4v) is 5.16. The van der Waals surface area contributed by atoms with Crippen molar-refractivity contribution in [2.24, 2.45) is 0 Å². The predicted octanol–water partition coefficient (Wildman–Crippen LogP) is 5.47. The molecule has 3 atom stereocenters. The fraction of sp³-hybridized carbons (Fsp3) is 0.464. The molecule has 2 aliphatic heterocycles. The first-order valence-electron chi connectivity index (χ1n) is 12.5. The van der Waals surface area contributed by atoms with Gasteiger partial charge in [0.1, 0.15) is 5.60 Å². The highest BCUT2D eigenvalue weighted by Crippen LogP contribution is 2.41. The Morgan fingerprint density at radius 3 is 2.44 bits per heavy atom. The zero-order valence-corrected chi connectivity index (χ0v) is 21.3. The number of benzene rings is 2. The predicted molar refractivity (Wildman–Crippen MR) is 139 cm³/mol. The van der Waals surface area contributed by atoms with Crippen LogP contribution in [0.1, 0.15) is 64.0 Å². The molecular weight excluding hydrogens is 456 g/mol. The van der Waals surface area contributed by atoms with Crippen molar-refractivity contribution in [3.05, 3.63) is 53.6 Å². The van der Waals surface area contributed by atoms with Gasteiger partial charge in [0.25, 0.3) is 0 Å². The highest BCUT2D eigenvalue weighted by atomic mass is 16.6. The summed E-state index contributed by atoms with van der Waals surface area (Å²) >= 11 is 0. The van der Waals surface area contributed by atoms with Crippen LogP contribution in [0.4, 0.5) is 21.9 Å². The lowest BCUT2D eigenvalue weighted by atomic mass is 9.92. The highest BCUT2D eigenvalue weighted by molar-refractivity contribution is 5.79. The Bertz CT molecular complexity index is 1170. The minimum Gasteiger partial charge on any atom is -0.481 e. The molecule has 2 aromatic carbocycles. The maximum Gasteiger partial charge on any atom is 0.410 e. The number of carboxylic acids is 1. The molecule has 0 radical (unpaired) electrons. The Kier molecular flexibility index (Phi) is 7.11. The summed E-state index contributed by atoms with van der Waals surface area (Å²) in [7, 11) is 0. The molecule has 0 aromatic heterocycles. The second-order valence-electron chi connectivity index (χ2n) is 10.6. The fourth-order valence-electron chi connectivity index (χ4n) is 5.16. The van der Waals surface area contributed by atoms with Gasteiger partial charge in [0.2, 0.25) is 0 Å². The number of carboxylic acid groups (broad SMARTS) is 1. The number of carbonyl (C=O) groups is 2. The number of nitriles is 1. The van der Waals surface area contributed by atoms with Crippen molar-refractivity contribution in [1.82, 2.24) is 4.90 Å². The first-order valence-corrected chi connectivity index (χ1v) is 12.5. The van der Waals surface area contributed by atoms with Crippen LogP contribution in [-0.4, -0.2) is 52.8 Å². The molecular formula is C28H34N4O4. The summed E-state index contributed by atoms with van der Waals surface area (Å²) in [5.41, 5.74) is 3.78. The molecule has 2 aliphatic rings. The zero-order chi connectivity index (χ0) is 26.0. The maximum atomic E-state index is 12.7. The molecule has 3 unspecified atom stereocenters. The van der Waals surface area contributed by atoms with E-state index in [0.29, 0.717) is 18.7 Å². The van der Waals surface area contributed by atoms with Crippen molar-refractivity contribution in [3.8, 4) is 6.07 Å². The van der Waals surface area contributed by atoms with E-state index < -0.39 is 11.6 Å². The molecule has 0 spiro atoms. The third-order valence-electron chi connectivity index (χ3n) is 6.88. The van der Waals surface area contributed by atoms with Gasteiger partial charge in [-0.2, -0.15) is 5.26 Å². The maximum absolute atomic E-state index is 12.7. The van der Waals surface area contributed by atoms with Gasteiger partial charge in [-0.1, -0.05) is 13.0 Å². The van der Waals surface area contributed by atoms with E-state index in [4.69, 9.17) is 10.00 Å². The van der Waals surface area contributed by atoms with Crippen LogP contribution in [0.3, 0.4) is 0 Å². The van der Waals surface area contributed by atoms with Crippen molar-refractivity contribution < 1.29 is 19.4 Å². The van der Waals surface area contributed by atoms with Crippen molar-refractivity contribution in [2.45, 2.75) is 70.6 Å². The standard InChI is InChI=1S/C28H34N4O4/c1-5-19(13-26(33)34)20-8-11-25(24(12-20)30-21-9-6-18(15-29)7-10-21)31-16-23-14-22(31)17-32(23)27(35)36-28(2,3)4/h6-12,19,22-23,30H,5,13-14,16-17H2,1-4H3,(H,33,34). The van der Waals surface area contributed by atoms with Crippen LogP contribution in [0, 0.1) is 11.3 Å². The van der Waals surface area contributed by atoms with E-state index in [2.05, 4.69) is 22.4 Å². The molecule has 0 saturated carbocycles. The molecule has 190 valence electrons. The summed E-state index contributed by atoms with van der Waals surface area (Å²) in [5, 5.41) is 22.0. The summed E-state index contributed by atoms with van der Waals surface area (Å²) in [4.78, 5) is 28.3. The van der Waals surface area contributed by atoms with Crippen LogP contribution >= 0.6 is 0 Å². The molecule has 1 amide bonds. The lowest BCUT2D eigenvalue weighted by Crippen LogP contribution is -2.50. The van der Waals surface area contributed by atoms with Gasteiger partial charge in [-0.3, -0.25) is 4.79 Å². The Labute approximate surface area is 212 Å². The van der Waals surface area contributed by atoms with Crippen molar-refractivity contribution >= 4 is 29.1 Å². The van der Waals surface area contributed by atoms with Gasteiger partial charge in [0, 0.05) is 24.8 Å². The Balaban J connectivity index is 1.61. The van der Waals surface area contributed by atoms with Crippen molar-refractivity contribution in [2.75, 3.05) is 23.3 Å². The highest BCUT2D eigenvalue weighted by Gasteiger charge is 2.47. The van der Waals surface area contributed by atoms with Gasteiger partial charge in [0.05, 0.1) is 35.5 Å². The summed E-state index contributed by atoms with van der Waals surface area (Å²) in [6.07, 6.45) is 1.42. The van der Waals surface area contributed by atoms with Gasteiger partial charge in [-0.25, -0.2) is 4.79 Å². The van der Waals surface area contributed by atoms with Gasteiger partial charge in [-0.15, -0.1) is 0 Å². The number of anilines is 3. The SMILES string of the molecule is CCC(CC(=O)O)c1ccc(N2CC3CC2CN3C(=O)OC(C)(C)C)c(Nc2ccc(C#N)cc2)c1. The number of carbonyl (C=O) groups excluding carboxylic acids is 1. The summed E-state index contributed by atoms with van der Waals surface area (Å²) < 4.78 is 5.61. The van der Waals surface area contributed by atoms with E-state index in [-0.39, 0.29) is 30.5 Å². The monoisotopic (exact) mass is 490 g/mol. The van der Waals surface area contributed by atoms with E-state index in [9.17, 15) is 14.7 Å². The molecule has 2 N–H and O–H groups in total. The van der Waals surface area contributed by atoms with E-state index >= 15 is 0 Å². The van der Waals surface area contributed by atoms with Crippen LogP contribution in [0.2, 0.25) is 0 Å². The van der Waals surface area contributed by atoms with Gasteiger partial charge >= 0.3 is 12.1 Å². The van der Waals surface area contributed by atoms with Gasteiger partial charge < -0.3 is 25.0 Å². The summed E-state index contributed by atoms with van der Waals surface area (Å²) in [5.74, 6) is -0.901. The van der Waals surface area contributed by atoms with Crippen LogP contribution < -0.4 is 10.2 Å². The number of nitrogens with zero attached hydrogens (tertiary/aromatic N) is 3. The average molecular weight is 491 g/mol. The number of amides is 1. The molecule has 2 fully saturated rings. The minimum atomic E-state index is -0.813. The lowest BCUT2D eigenvalue weighted by Gasteiger charge is -2.37. The smallest absolute Gasteiger partial charge is 0.410 e. The normalized spacial score (nSPS) is 19.6. The Hall–Kier alpha value is -3.73. The molecule has 2 saturated heterocycles. The van der Waals surface area contributed by atoms with Crippen LogP contribution in [0.5, 0.6) is 0 Å². The quantitative estimate of drug-likeness (QED) is 0.530. The van der Waals surface area contributed by atoms with Crippen LogP contribution in [-0.2, 0) is 9.53 Å². The van der Waals surface area contributed by atoms with Crippen molar-refractivity contribution in [3.63, 3.8) is 0 Å². The van der Waals surface area contributed by atoms with Gasteiger partial charge in [0.15, 0.2) is 0 Å². The second-order valence-corrected chi connectivity index (χ2v) is 10.6. The molecule has 36 heavy (non-hydrogen) atoms. The molecule has 2 aromatic rings. The third-order valence-corrected chi connectivity index (χ3v) is 6.88. The molecule has 8 heteroatoms. The second kappa shape index (κ2) is 10.1. The van der Waals surface area contributed by atoms with Crippen LogP contribution in [0.15, 0.2) is 42.5 Å². The first kappa shape index (κ1) is 25.4. The number of nitrogens with one attached hydrogen (secondary N) is 1. The number of rotatable bonds is 7. The average Bonchev–Trinajstić information content (AvgIpc) is 3.43. The summed E-state index contributed by atoms with van der Waals surface area (Å²) in [6, 6.07) is 15.8. The number of hydrogen-bond acceptors (Lipinski definition) is 6. The van der Waals surface area contributed by atoms with Crippen LogP contribution in [0.25, 0.3) is 0 Å². The minimum absolute atomic E-state index is 0.0748. The molecule has 0 aliphatic carbocycles. The summed E-state index contributed by atoms with van der Waals surface area (Å²) in [6.45, 7) is 8.94. The lowest BCUT2D eigenvalue weighted by molar-refractivity contribution is -0.137. The zero-order valence-electron chi connectivity index (χ0n) is 21.3. The van der Waals surface area contributed by atoms with Gasteiger partial charge in [-0.05, 0) is 81.5 Å². The molecule has 2 bridgehead atoms. The number of piperazine rings is 1. The topological polar surface area (TPSA) is 106 Å². The molecule has 2 heterocycles. The number of fused-ring (bicyclic) bond motifs is 2. The first-order chi connectivity index (χ1) is 17.1. The third kappa shape index (κ3) is 5.56. The molecule has 4 rings (SSSR count). The largest absolute Gasteiger partial charge is 0.481 e. The number of hydrogen-bond donors (Lipinski definition) is 2.